The van der Waals surface area contributed by atoms with Crippen molar-refractivity contribution in [1.29, 1.82) is 0 Å². The normalized spacial score (nSPS) is 12.3. The van der Waals surface area contributed by atoms with Gasteiger partial charge in [-0.25, -0.2) is 0 Å². The van der Waals surface area contributed by atoms with Crippen LogP contribution in [0.25, 0.3) is 11.0 Å². The Morgan fingerprint density at radius 1 is 1.09 bits per heavy atom. The number of hydrogen-bond donors (Lipinski definition) is 1. The third-order valence-electron chi connectivity index (χ3n) is 3.55. The lowest BCUT2D eigenvalue weighted by molar-refractivity contribution is 0.261. The highest BCUT2D eigenvalue weighted by Crippen LogP contribution is 2.29. The molecule has 2 aromatic carbocycles. The maximum absolute atomic E-state index is 6.17. The van der Waals surface area contributed by atoms with Crippen LogP contribution in [0, 0.1) is 6.92 Å². The quantitative estimate of drug-likeness (QED) is 0.777. The van der Waals surface area contributed by atoms with E-state index in [0.717, 1.165) is 16.5 Å². The van der Waals surface area contributed by atoms with Gasteiger partial charge in [0.15, 0.2) is 11.5 Å². The van der Waals surface area contributed by atoms with E-state index in [9.17, 15) is 0 Å². The highest BCUT2D eigenvalue weighted by atomic mass is 16.5. The lowest BCUT2D eigenvalue weighted by atomic mass is 10.2. The van der Waals surface area contributed by atoms with E-state index in [-0.39, 0.29) is 6.04 Å². The van der Waals surface area contributed by atoms with Crippen molar-refractivity contribution in [3.63, 3.8) is 0 Å². The molecule has 0 aliphatic heterocycles. The van der Waals surface area contributed by atoms with E-state index in [1.807, 2.05) is 55.5 Å². The minimum absolute atomic E-state index is 0.319. The van der Waals surface area contributed by atoms with Crippen molar-refractivity contribution in [2.75, 3.05) is 13.7 Å². The summed E-state index contributed by atoms with van der Waals surface area (Å²) in [7, 11) is 1.63. The molecule has 3 rings (SSSR count). The zero-order chi connectivity index (χ0) is 15.5. The van der Waals surface area contributed by atoms with Crippen molar-refractivity contribution in [3.8, 4) is 11.5 Å². The van der Waals surface area contributed by atoms with E-state index < -0.39 is 0 Å². The molecule has 0 amide bonds. The van der Waals surface area contributed by atoms with Crippen LogP contribution >= 0.6 is 0 Å². The van der Waals surface area contributed by atoms with Crippen LogP contribution in [0.4, 0.5) is 0 Å². The van der Waals surface area contributed by atoms with Gasteiger partial charge in [-0.1, -0.05) is 24.3 Å². The second-order valence-corrected chi connectivity index (χ2v) is 5.26. The van der Waals surface area contributed by atoms with Gasteiger partial charge >= 0.3 is 0 Å². The summed E-state index contributed by atoms with van der Waals surface area (Å²) in [5.41, 5.74) is 8.12. The molecule has 0 fully saturated rings. The molecule has 4 nitrogen and oxygen atoms in total. The molecule has 0 bridgehead atoms. The Labute approximate surface area is 129 Å². The molecule has 0 saturated heterocycles. The zero-order valence-electron chi connectivity index (χ0n) is 12.7. The standard InChI is InChI=1S/C18H19NO3/c1-12-7-8-16(18(9-12)20-2)21-11-14(19)17-10-13-5-3-4-6-15(13)22-17/h3-10,14H,11,19H2,1-2H3. The highest BCUT2D eigenvalue weighted by molar-refractivity contribution is 5.77. The number of rotatable bonds is 5. The first-order chi connectivity index (χ1) is 10.7. The summed E-state index contributed by atoms with van der Waals surface area (Å²) in [5.74, 6) is 2.10. The minimum atomic E-state index is -0.335. The van der Waals surface area contributed by atoms with Crippen molar-refractivity contribution < 1.29 is 13.9 Å². The van der Waals surface area contributed by atoms with E-state index in [0.29, 0.717) is 23.9 Å². The van der Waals surface area contributed by atoms with Crippen molar-refractivity contribution in [2.24, 2.45) is 5.73 Å². The minimum Gasteiger partial charge on any atom is -0.493 e. The molecule has 22 heavy (non-hydrogen) atoms. The van der Waals surface area contributed by atoms with Gasteiger partial charge in [-0.2, -0.15) is 0 Å². The second kappa shape index (κ2) is 6.12. The Balaban J connectivity index is 1.73. The molecular weight excluding hydrogens is 278 g/mol. The third kappa shape index (κ3) is 2.92. The Morgan fingerprint density at radius 3 is 2.68 bits per heavy atom. The smallest absolute Gasteiger partial charge is 0.161 e. The van der Waals surface area contributed by atoms with Gasteiger partial charge in [-0.05, 0) is 36.8 Å². The van der Waals surface area contributed by atoms with Crippen LogP contribution in [0.2, 0.25) is 0 Å². The van der Waals surface area contributed by atoms with Gasteiger partial charge in [0.05, 0.1) is 13.2 Å². The van der Waals surface area contributed by atoms with Crippen LogP contribution in [0.15, 0.2) is 52.9 Å². The monoisotopic (exact) mass is 297 g/mol. The van der Waals surface area contributed by atoms with Gasteiger partial charge in [0.1, 0.15) is 18.0 Å². The summed E-state index contributed by atoms with van der Waals surface area (Å²) in [6, 6.07) is 15.3. The molecule has 3 aromatic rings. The van der Waals surface area contributed by atoms with E-state index in [1.165, 1.54) is 0 Å². The zero-order valence-corrected chi connectivity index (χ0v) is 12.7. The van der Waals surface area contributed by atoms with Gasteiger partial charge in [-0.3, -0.25) is 0 Å². The number of hydrogen-bond acceptors (Lipinski definition) is 4. The van der Waals surface area contributed by atoms with E-state index >= 15 is 0 Å². The molecule has 0 radical (unpaired) electrons. The topological polar surface area (TPSA) is 57.6 Å². The van der Waals surface area contributed by atoms with Crippen LogP contribution in [0.3, 0.4) is 0 Å². The molecule has 2 N–H and O–H groups in total. The summed E-state index contributed by atoms with van der Waals surface area (Å²) < 4.78 is 16.9. The van der Waals surface area contributed by atoms with Crippen LogP contribution < -0.4 is 15.2 Å². The second-order valence-electron chi connectivity index (χ2n) is 5.26. The lowest BCUT2D eigenvalue weighted by Gasteiger charge is -2.14. The maximum Gasteiger partial charge on any atom is 0.161 e. The van der Waals surface area contributed by atoms with Gasteiger partial charge < -0.3 is 19.6 Å². The molecule has 1 atom stereocenters. The van der Waals surface area contributed by atoms with Gasteiger partial charge in [0, 0.05) is 5.39 Å². The van der Waals surface area contributed by atoms with Crippen LogP contribution in [-0.4, -0.2) is 13.7 Å². The van der Waals surface area contributed by atoms with Gasteiger partial charge in [0.25, 0.3) is 0 Å². The first kappa shape index (κ1) is 14.5. The number of furan rings is 1. The Morgan fingerprint density at radius 2 is 1.91 bits per heavy atom. The first-order valence-electron chi connectivity index (χ1n) is 7.19. The highest BCUT2D eigenvalue weighted by Gasteiger charge is 2.14. The average Bonchev–Trinajstić information content (AvgIpc) is 2.97. The van der Waals surface area contributed by atoms with Crippen LogP contribution in [0.1, 0.15) is 17.4 Å². The molecule has 1 heterocycles. The number of ether oxygens (including phenoxy) is 2. The maximum atomic E-state index is 6.17. The van der Waals surface area contributed by atoms with Crippen molar-refractivity contribution in [1.82, 2.24) is 0 Å². The summed E-state index contributed by atoms with van der Waals surface area (Å²) >= 11 is 0. The van der Waals surface area contributed by atoms with Gasteiger partial charge in [0.2, 0.25) is 0 Å². The van der Waals surface area contributed by atoms with E-state index in [1.54, 1.807) is 7.11 Å². The SMILES string of the molecule is COc1cc(C)ccc1OCC(N)c1cc2ccccc2o1. The Hall–Kier alpha value is -2.46. The number of nitrogens with two attached hydrogens (primary N) is 1. The predicted molar refractivity (Wildman–Crippen MR) is 86.4 cm³/mol. The average molecular weight is 297 g/mol. The number of para-hydroxylation sites is 1. The molecule has 0 aliphatic carbocycles. The largest absolute Gasteiger partial charge is 0.493 e. The first-order valence-corrected chi connectivity index (χ1v) is 7.19. The third-order valence-corrected chi connectivity index (χ3v) is 3.55. The van der Waals surface area contributed by atoms with Crippen LogP contribution in [0.5, 0.6) is 11.5 Å². The molecule has 1 aromatic heterocycles. The summed E-state index contributed by atoms with van der Waals surface area (Å²) in [6.07, 6.45) is 0. The molecule has 0 spiro atoms. The summed E-state index contributed by atoms with van der Waals surface area (Å²) in [6.45, 7) is 2.33. The fraction of sp³-hybridized carbons (Fsp3) is 0.222. The molecule has 114 valence electrons. The lowest BCUT2D eigenvalue weighted by Crippen LogP contribution is -2.18. The Bertz CT molecular complexity index is 746. The van der Waals surface area contributed by atoms with Crippen molar-refractivity contribution in [2.45, 2.75) is 13.0 Å². The molecule has 0 saturated carbocycles. The van der Waals surface area contributed by atoms with E-state index in [2.05, 4.69) is 0 Å². The van der Waals surface area contributed by atoms with Crippen molar-refractivity contribution >= 4 is 11.0 Å². The number of aryl methyl sites for hydroxylation is 1. The fourth-order valence-corrected chi connectivity index (χ4v) is 2.34. The number of methoxy groups -OCH3 is 1. The van der Waals surface area contributed by atoms with E-state index in [4.69, 9.17) is 19.6 Å². The molecule has 4 heteroatoms. The molecule has 0 aliphatic rings. The molecular formula is C18H19NO3. The van der Waals surface area contributed by atoms with Gasteiger partial charge in [-0.15, -0.1) is 0 Å². The van der Waals surface area contributed by atoms with Crippen molar-refractivity contribution in [3.05, 3.63) is 59.9 Å². The number of fused-ring (bicyclic) bond motifs is 1. The summed E-state index contributed by atoms with van der Waals surface area (Å²) in [4.78, 5) is 0. The van der Waals surface area contributed by atoms with Crippen LogP contribution in [-0.2, 0) is 0 Å². The fourth-order valence-electron chi connectivity index (χ4n) is 2.34. The number of benzene rings is 2. The Kier molecular flexibility index (Phi) is 4.02. The summed E-state index contributed by atoms with van der Waals surface area (Å²) in [5, 5.41) is 1.04. The predicted octanol–water partition coefficient (Wildman–Crippen LogP) is 3.83. The molecule has 1 unspecified atom stereocenters.